The highest BCUT2D eigenvalue weighted by atomic mass is 35.5. The Hall–Kier alpha value is -2.24. The Labute approximate surface area is 143 Å². The minimum Gasteiger partial charge on any atom is -0.369 e. The van der Waals surface area contributed by atoms with Crippen LogP contribution in [0.3, 0.4) is 0 Å². The van der Waals surface area contributed by atoms with Gasteiger partial charge in [-0.2, -0.15) is 0 Å². The summed E-state index contributed by atoms with van der Waals surface area (Å²) in [4.78, 5) is 15.5. The number of amides is 1. The summed E-state index contributed by atoms with van der Waals surface area (Å²) >= 11 is 7.30. The van der Waals surface area contributed by atoms with Crippen molar-refractivity contribution in [2.45, 2.75) is 5.16 Å². The minimum atomic E-state index is -0.373. The molecule has 116 valence electrons. The molecule has 0 aliphatic carbocycles. The molecule has 0 fully saturated rings. The monoisotopic (exact) mass is 343 g/mol. The van der Waals surface area contributed by atoms with E-state index in [1.54, 1.807) is 6.20 Å². The van der Waals surface area contributed by atoms with Crippen LogP contribution in [0.5, 0.6) is 0 Å². The van der Waals surface area contributed by atoms with Crippen molar-refractivity contribution in [2.24, 2.45) is 5.73 Å². The number of nitrogens with two attached hydrogens (primary N) is 1. The number of benzene rings is 2. The number of carbonyl (C=O) groups excluding carboxylic acids is 1. The van der Waals surface area contributed by atoms with Crippen LogP contribution in [0.15, 0.2) is 66.0 Å². The molecule has 4 nitrogen and oxygen atoms in total. The Bertz CT molecular complexity index is 816. The van der Waals surface area contributed by atoms with Crippen molar-refractivity contribution in [2.75, 3.05) is 5.75 Å². The largest absolute Gasteiger partial charge is 0.369 e. The second kappa shape index (κ2) is 6.89. The van der Waals surface area contributed by atoms with E-state index in [9.17, 15) is 4.79 Å². The lowest BCUT2D eigenvalue weighted by Gasteiger charge is -2.12. The molecule has 0 radical (unpaired) electrons. The maximum absolute atomic E-state index is 11.1. The predicted molar refractivity (Wildman–Crippen MR) is 93.9 cm³/mol. The zero-order chi connectivity index (χ0) is 16.2. The van der Waals surface area contributed by atoms with Gasteiger partial charge in [-0.3, -0.25) is 9.36 Å². The van der Waals surface area contributed by atoms with Gasteiger partial charge in [0, 0.05) is 16.3 Å². The number of primary amides is 1. The molecule has 0 aliphatic heterocycles. The number of carbonyl (C=O) groups is 1. The quantitative estimate of drug-likeness (QED) is 0.717. The van der Waals surface area contributed by atoms with E-state index in [1.165, 1.54) is 11.8 Å². The summed E-state index contributed by atoms with van der Waals surface area (Å²) in [5.74, 6) is -0.194. The molecule has 0 atom stereocenters. The average molecular weight is 344 g/mol. The second-order valence-electron chi connectivity index (χ2n) is 4.86. The molecule has 23 heavy (non-hydrogen) atoms. The summed E-state index contributed by atoms with van der Waals surface area (Å²) < 4.78 is 2.00. The molecule has 1 aromatic heterocycles. The van der Waals surface area contributed by atoms with Crippen molar-refractivity contribution in [1.82, 2.24) is 9.55 Å². The van der Waals surface area contributed by atoms with E-state index in [-0.39, 0.29) is 11.7 Å². The molecule has 0 unspecified atom stereocenters. The van der Waals surface area contributed by atoms with Crippen LogP contribution in [0.4, 0.5) is 0 Å². The van der Waals surface area contributed by atoms with Gasteiger partial charge < -0.3 is 5.73 Å². The number of thioether (sulfide) groups is 1. The highest BCUT2D eigenvalue weighted by molar-refractivity contribution is 7.99. The van der Waals surface area contributed by atoms with Crippen LogP contribution in [-0.2, 0) is 4.79 Å². The molecule has 0 saturated heterocycles. The van der Waals surface area contributed by atoms with E-state index < -0.39 is 0 Å². The number of hydrogen-bond acceptors (Lipinski definition) is 3. The van der Waals surface area contributed by atoms with Crippen LogP contribution in [0.1, 0.15) is 0 Å². The molecule has 1 amide bonds. The van der Waals surface area contributed by atoms with Crippen LogP contribution in [0.2, 0.25) is 5.02 Å². The topological polar surface area (TPSA) is 60.9 Å². The Morgan fingerprint density at radius 3 is 2.48 bits per heavy atom. The lowest BCUT2D eigenvalue weighted by atomic mass is 10.1. The maximum Gasteiger partial charge on any atom is 0.227 e. The molecule has 3 rings (SSSR count). The van der Waals surface area contributed by atoms with E-state index in [0.29, 0.717) is 10.2 Å². The SMILES string of the molecule is NC(=O)CSc1ncc(-c2ccccc2)n1-c1ccc(Cl)cc1. The van der Waals surface area contributed by atoms with E-state index in [2.05, 4.69) is 4.98 Å². The lowest BCUT2D eigenvalue weighted by Crippen LogP contribution is -2.13. The highest BCUT2D eigenvalue weighted by Crippen LogP contribution is 2.30. The van der Waals surface area contributed by atoms with Gasteiger partial charge in [-0.15, -0.1) is 0 Å². The molecule has 0 aliphatic rings. The molecular weight excluding hydrogens is 330 g/mol. The number of halogens is 1. The van der Waals surface area contributed by atoms with E-state index in [0.717, 1.165) is 16.9 Å². The van der Waals surface area contributed by atoms with Gasteiger partial charge in [0.15, 0.2) is 5.16 Å². The van der Waals surface area contributed by atoms with E-state index >= 15 is 0 Å². The Kier molecular flexibility index (Phi) is 4.69. The van der Waals surface area contributed by atoms with Crippen molar-refractivity contribution in [3.05, 3.63) is 65.8 Å². The molecule has 6 heteroatoms. The first-order valence-electron chi connectivity index (χ1n) is 6.95. The number of imidazole rings is 1. The van der Waals surface area contributed by atoms with Crippen molar-refractivity contribution in [3.63, 3.8) is 0 Å². The van der Waals surface area contributed by atoms with Gasteiger partial charge >= 0.3 is 0 Å². The predicted octanol–water partition coefficient (Wildman–Crippen LogP) is 3.77. The summed E-state index contributed by atoms with van der Waals surface area (Å²) in [5.41, 5.74) is 8.17. The number of aromatic nitrogens is 2. The van der Waals surface area contributed by atoms with Gasteiger partial charge in [-0.05, 0) is 24.3 Å². The van der Waals surface area contributed by atoms with Gasteiger partial charge in [0.25, 0.3) is 0 Å². The molecule has 2 N–H and O–H groups in total. The average Bonchev–Trinajstić information content (AvgIpc) is 2.98. The number of hydrogen-bond donors (Lipinski definition) is 1. The van der Waals surface area contributed by atoms with Crippen LogP contribution in [-0.4, -0.2) is 21.2 Å². The van der Waals surface area contributed by atoms with Crippen LogP contribution in [0, 0.1) is 0 Å². The first-order chi connectivity index (χ1) is 11.1. The minimum absolute atomic E-state index is 0.179. The van der Waals surface area contributed by atoms with E-state index in [1.807, 2.05) is 59.2 Å². The van der Waals surface area contributed by atoms with Gasteiger partial charge in [0.2, 0.25) is 5.91 Å². The summed E-state index contributed by atoms with van der Waals surface area (Å²) in [7, 11) is 0. The maximum atomic E-state index is 11.1. The highest BCUT2D eigenvalue weighted by Gasteiger charge is 2.14. The van der Waals surface area contributed by atoms with Crippen molar-refractivity contribution in [1.29, 1.82) is 0 Å². The third kappa shape index (κ3) is 3.57. The van der Waals surface area contributed by atoms with Crippen molar-refractivity contribution >= 4 is 29.3 Å². The van der Waals surface area contributed by atoms with Gasteiger partial charge in [0.1, 0.15) is 0 Å². The van der Waals surface area contributed by atoms with Gasteiger partial charge in [-0.1, -0.05) is 53.7 Å². The zero-order valence-electron chi connectivity index (χ0n) is 12.1. The molecule has 2 aromatic carbocycles. The first-order valence-corrected chi connectivity index (χ1v) is 8.32. The lowest BCUT2D eigenvalue weighted by molar-refractivity contribution is -0.115. The number of nitrogens with zero attached hydrogens (tertiary/aromatic N) is 2. The Morgan fingerprint density at radius 2 is 1.83 bits per heavy atom. The third-order valence-corrected chi connectivity index (χ3v) is 4.45. The second-order valence-corrected chi connectivity index (χ2v) is 6.24. The third-order valence-electron chi connectivity index (χ3n) is 3.23. The standard InChI is InChI=1S/C17H14ClN3OS/c18-13-6-8-14(9-7-13)21-15(12-4-2-1-3-5-12)10-20-17(21)23-11-16(19)22/h1-10H,11H2,(H2,19,22). The Balaban J connectivity index is 2.10. The summed E-state index contributed by atoms with van der Waals surface area (Å²) in [5, 5.41) is 1.38. The summed E-state index contributed by atoms with van der Waals surface area (Å²) in [6, 6.07) is 17.5. The Morgan fingerprint density at radius 1 is 1.13 bits per heavy atom. The van der Waals surface area contributed by atoms with E-state index in [4.69, 9.17) is 17.3 Å². The zero-order valence-corrected chi connectivity index (χ0v) is 13.7. The molecule has 3 aromatic rings. The van der Waals surface area contributed by atoms with Crippen LogP contribution in [0.25, 0.3) is 16.9 Å². The van der Waals surface area contributed by atoms with Crippen LogP contribution < -0.4 is 5.73 Å². The van der Waals surface area contributed by atoms with Crippen molar-refractivity contribution in [3.8, 4) is 16.9 Å². The van der Waals surface area contributed by atoms with Gasteiger partial charge in [-0.25, -0.2) is 4.98 Å². The molecule has 0 saturated carbocycles. The summed E-state index contributed by atoms with van der Waals surface area (Å²) in [6.45, 7) is 0. The molecule has 0 bridgehead atoms. The molecular formula is C17H14ClN3OS. The van der Waals surface area contributed by atoms with Gasteiger partial charge in [0.05, 0.1) is 17.6 Å². The fourth-order valence-corrected chi connectivity index (χ4v) is 3.08. The van der Waals surface area contributed by atoms with Crippen LogP contribution >= 0.6 is 23.4 Å². The fraction of sp³-hybridized carbons (Fsp3) is 0.0588. The molecule has 1 heterocycles. The normalized spacial score (nSPS) is 10.7. The fourth-order valence-electron chi connectivity index (χ4n) is 2.22. The summed E-state index contributed by atoms with van der Waals surface area (Å²) in [6.07, 6.45) is 1.80. The molecule has 0 spiro atoms. The van der Waals surface area contributed by atoms with Crippen molar-refractivity contribution < 1.29 is 4.79 Å². The smallest absolute Gasteiger partial charge is 0.227 e. The first kappa shape index (κ1) is 15.6. The number of rotatable bonds is 5.